The summed E-state index contributed by atoms with van der Waals surface area (Å²) < 4.78 is 7.15. The van der Waals surface area contributed by atoms with E-state index in [4.69, 9.17) is 16.0 Å². The van der Waals surface area contributed by atoms with Crippen LogP contribution in [0.4, 0.5) is 0 Å². The normalized spacial score (nSPS) is 11.5. The van der Waals surface area contributed by atoms with Crippen LogP contribution in [-0.4, -0.2) is 30.1 Å². The fourth-order valence-electron chi connectivity index (χ4n) is 4.03. The number of tetrazole rings is 1. The van der Waals surface area contributed by atoms with Gasteiger partial charge in [-0.15, -0.1) is 5.10 Å². The Morgan fingerprint density at radius 3 is 2.71 bits per heavy atom. The van der Waals surface area contributed by atoms with E-state index in [0.29, 0.717) is 42.6 Å². The van der Waals surface area contributed by atoms with E-state index in [2.05, 4.69) is 25.4 Å². The highest BCUT2D eigenvalue weighted by Gasteiger charge is 2.17. The molecule has 0 unspecified atom stereocenters. The fourth-order valence-corrected chi connectivity index (χ4v) is 4.23. The highest BCUT2D eigenvalue weighted by molar-refractivity contribution is 6.31. The summed E-state index contributed by atoms with van der Waals surface area (Å²) in [5, 5.41) is 13.9. The molecule has 8 nitrogen and oxygen atoms in total. The smallest absolute Gasteiger partial charge is 0.252 e. The third-order valence-electron chi connectivity index (χ3n) is 5.77. The molecule has 0 aliphatic carbocycles. The Labute approximate surface area is 200 Å². The SMILES string of the molecule is Cc1cccc2cc(CN(Cc3ccccc3Cl)Cc3nnnn3Cc3ccco3)c(=O)[nH]c12. The number of halogens is 1. The van der Waals surface area contributed by atoms with Gasteiger partial charge in [-0.05, 0) is 58.1 Å². The third kappa shape index (κ3) is 4.78. The van der Waals surface area contributed by atoms with E-state index in [1.54, 1.807) is 10.9 Å². The first-order valence-corrected chi connectivity index (χ1v) is 11.3. The summed E-state index contributed by atoms with van der Waals surface area (Å²) in [4.78, 5) is 18.1. The van der Waals surface area contributed by atoms with Crippen LogP contribution in [0.2, 0.25) is 5.02 Å². The molecule has 34 heavy (non-hydrogen) atoms. The zero-order valence-electron chi connectivity index (χ0n) is 18.6. The summed E-state index contributed by atoms with van der Waals surface area (Å²) in [5.74, 6) is 1.42. The molecule has 0 fully saturated rings. The molecular weight excluding hydrogens is 452 g/mol. The molecule has 5 aromatic rings. The van der Waals surface area contributed by atoms with Gasteiger partial charge in [0.2, 0.25) is 0 Å². The van der Waals surface area contributed by atoms with E-state index in [-0.39, 0.29) is 5.56 Å². The zero-order chi connectivity index (χ0) is 23.5. The number of hydrogen-bond donors (Lipinski definition) is 1. The molecule has 172 valence electrons. The Morgan fingerprint density at radius 1 is 1.03 bits per heavy atom. The average molecular weight is 475 g/mol. The highest BCUT2D eigenvalue weighted by atomic mass is 35.5. The van der Waals surface area contributed by atoms with Crippen molar-refractivity contribution in [3.8, 4) is 0 Å². The second-order valence-corrected chi connectivity index (χ2v) is 8.64. The molecule has 0 aliphatic heterocycles. The molecule has 0 radical (unpaired) electrons. The van der Waals surface area contributed by atoms with Crippen LogP contribution in [0.5, 0.6) is 0 Å². The maximum Gasteiger partial charge on any atom is 0.252 e. The minimum Gasteiger partial charge on any atom is -0.467 e. The Hall–Kier alpha value is -3.75. The summed E-state index contributed by atoms with van der Waals surface area (Å²) in [6.45, 7) is 3.76. The monoisotopic (exact) mass is 474 g/mol. The Morgan fingerprint density at radius 2 is 1.88 bits per heavy atom. The van der Waals surface area contributed by atoms with Crippen LogP contribution in [0.1, 0.15) is 28.3 Å². The standard InChI is InChI=1S/C25H23ClN6O2/c1-17-6-4-8-18-12-20(25(33)27-24(17)18)14-31(13-19-7-2-3-10-22(19)26)16-23-28-29-30-32(23)15-21-9-5-11-34-21/h2-12H,13-16H2,1H3,(H,27,33). The van der Waals surface area contributed by atoms with Gasteiger partial charge in [0.1, 0.15) is 12.3 Å². The number of furan rings is 1. The van der Waals surface area contributed by atoms with Crippen LogP contribution < -0.4 is 5.56 Å². The van der Waals surface area contributed by atoms with Crippen molar-refractivity contribution in [2.45, 2.75) is 33.1 Å². The number of aromatic amines is 1. The van der Waals surface area contributed by atoms with Crippen LogP contribution in [0.3, 0.4) is 0 Å². The minimum absolute atomic E-state index is 0.110. The number of H-pyrrole nitrogens is 1. The number of benzene rings is 2. The Bertz CT molecular complexity index is 1470. The van der Waals surface area contributed by atoms with Gasteiger partial charge in [-0.1, -0.05) is 48.0 Å². The largest absolute Gasteiger partial charge is 0.467 e. The van der Waals surface area contributed by atoms with Crippen LogP contribution in [-0.2, 0) is 26.2 Å². The maximum atomic E-state index is 13.0. The van der Waals surface area contributed by atoms with Crippen molar-refractivity contribution in [3.05, 3.63) is 111 Å². The highest BCUT2D eigenvalue weighted by Crippen LogP contribution is 2.21. The van der Waals surface area contributed by atoms with Crippen LogP contribution >= 0.6 is 11.6 Å². The average Bonchev–Trinajstić information content (AvgIpc) is 3.49. The van der Waals surface area contributed by atoms with E-state index in [0.717, 1.165) is 27.8 Å². The van der Waals surface area contributed by atoms with Gasteiger partial charge in [0.25, 0.3) is 5.56 Å². The van der Waals surface area contributed by atoms with Gasteiger partial charge in [0, 0.05) is 23.7 Å². The number of nitrogens with one attached hydrogen (secondary N) is 1. The lowest BCUT2D eigenvalue weighted by atomic mass is 10.1. The number of hydrogen-bond acceptors (Lipinski definition) is 6. The quantitative estimate of drug-likeness (QED) is 0.360. The first kappa shape index (κ1) is 22.1. The van der Waals surface area contributed by atoms with Crippen molar-refractivity contribution < 1.29 is 4.42 Å². The Balaban J connectivity index is 1.47. The molecule has 2 aromatic carbocycles. The van der Waals surface area contributed by atoms with Gasteiger partial charge in [0.05, 0.1) is 18.3 Å². The van der Waals surface area contributed by atoms with Crippen molar-refractivity contribution in [1.29, 1.82) is 0 Å². The van der Waals surface area contributed by atoms with Crippen molar-refractivity contribution in [3.63, 3.8) is 0 Å². The second kappa shape index (κ2) is 9.62. The molecule has 0 spiro atoms. The molecule has 0 atom stereocenters. The van der Waals surface area contributed by atoms with E-state index in [1.165, 1.54) is 0 Å². The van der Waals surface area contributed by atoms with Crippen molar-refractivity contribution in [2.24, 2.45) is 0 Å². The number of aromatic nitrogens is 5. The molecule has 0 amide bonds. The minimum atomic E-state index is -0.110. The lowest BCUT2D eigenvalue weighted by Crippen LogP contribution is -2.28. The number of nitrogens with zero attached hydrogens (tertiary/aromatic N) is 5. The summed E-state index contributed by atoms with van der Waals surface area (Å²) in [6.07, 6.45) is 1.62. The fraction of sp³-hybridized carbons (Fsp3) is 0.200. The lowest BCUT2D eigenvalue weighted by Gasteiger charge is -2.22. The molecule has 1 N–H and O–H groups in total. The van der Waals surface area contributed by atoms with Crippen LogP contribution in [0, 0.1) is 6.92 Å². The van der Waals surface area contributed by atoms with E-state index >= 15 is 0 Å². The topological polar surface area (TPSA) is 92.8 Å². The van der Waals surface area contributed by atoms with Gasteiger partial charge < -0.3 is 9.40 Å². The predicted octanol–water partition coefficient (Wildman–Crippen LogP) is 4.32. The summed E-state index contributed by atoms with van der Waals surface area (Å²) in [5.41, 5.74) is 3.40. The number of fused-ring (bicyclic) bond motifs is 1. The molecule has 3 heterocycles. The summed E-state index contributed by atoms with van der Waals surface area (Å²) in [7, 11) is 0. The summed E-state index contributed by atoms with van der Waals surface area (Å²) in [6, 6.07) is 19.3. The molecule has 0 saturated carbocycles. The summed E-state index contributed by atoms with van der Waals surface area (Å²) >= 11 is 6.45. The maximum absolute atomic E-state index is 13.0. The molecule has 0 aliphatic rings. The number of pyridine rings is 1. The van der Waals surface area contributed by atoms with Gasteiger partial charge in [-0.2, -0.15) is 0 Å². The number of aryl methyl sites for hydroxylation is 1. The second-order valence-electron chi connectivity index (χ2n) is 8.23. The van der Waals surface area contributed by atoms with Crippen molar-refractivity contribution in [1.82, 2.24) is 30.1 Å². The van der Waals surface area contributed by atoms with Gasteiger partial charge in [-0.3, -0.25) is 9.69 Å². The van der Waals surface area contributed by atoms with Crippen molar-refractivity contribution >= 4 is 22.5 Å². The lowest BCUT2D eigenvalue weighted by molar-refractivity contribution is 0.235. The van der Waals surface area contributed by atoms with E-state index in [1.807, 2.05) is 67.6 Å². The molecule has 0 bridgehead atoms. The Kier molecular flexibility index (Phi) is 6.24. The first-order valence-electron chi connectivity index (χ1n) is 10.9. The first-order chi connectivity index (χ1) is 16.6. The molecule has 5 rings (SSSR count). The van der Waals surface area contributed by atoms with Crippen LogP contribution in [0.15, 0.2) is 76.1 Å². The molecule has 3 aromatic heterocycles. The zero-order valence-corrected chi connectivity index (χ0v) is 19.4. The third-order valence-corrected chi connectivity index (χ3v) is 6.14. The van der Waals surface area contributed by atoms with Crippen molar-refractivity contribution in [2.75, 3.05) is 0 Å². The van der Waals surface area contributed by atoms with E-state index in [9.17, 15) is 4.79 Å². The molecule has 0 saturated heterocycles. The number of para-hydroxylation sites is 1. The predicted molar refractivity (Wildman–Crippen MR) is 129 cm³/mol. The van der Waals surface area contributed by atoms with E-state index < -0.39 is 0 Å². The van der Waals surface area contributed by atoms with Crippen LogP contribution in [0.25, 0.3) is 10.9 Å². The number of rotatable bonds is 8. The molecule has 9 heteroatoms. The van der Waals surface area contributed by atoms with Gasteiger partial charge >= 0.3 is 0 Å². The van der Waals surface area contributed by atoms with Gasteiger partial charge in [0.15, 0.2) is 5.82 Å². The molecular formula is C25H23ClN6O2. The van der Waals surface area contributed by atoms with Gasteiger partial charge in [-0.25, -0.2) is 4.68 Å².